The molecular formula is C46H84NO8P. The fraction of sp³-hybridized carbons (Fsp3) is 0.804. The molecule has 0 bridgehead atoms. The summed E-state index contributed by atoms with van der Waals surface area (Å²) in [5.74, 6) is -0.353. The Morgan fingerprint density at radius 1 is 0.679 bits per heavy atom. The molecule has 0 radical (unpaired) electrons. The van der Waals surface area contributed by atoms with Crippen LogP contribution in [0.3, 0.4) is 0 Å². The standard InChI is InChI=1S/C46H84NO8P/c1-6-8-10-12-14-16-18-20-21-22-23-25-27-29-31-33-39-51-43(42-54-56(49,50)53-40-38-47(3,4)5)41-52-46(48)37-34-36-45-44(55-45)35-32-30-28-26-24-19-17-15-13-11-9-7-2/h15,17,24,26,30,32-33,39,43-45H,6-14,16,18-23,25,27-29,31,34-38,40-42H2,1-5H3/b17-15-,26-24-,32-30-,39-33+/t43-,44?,45?/m1/s1. The van der Waals surface area contributed by atoms with E-state index in [0.717, 1.165) is 38.5 Å². The second-order valence-electron chi connectivity index (χ2n) is 16.5. The highest BCUT2D eigenvalue weighted by Gasteiger charge is 2.36. The molecule has 1 aliphatic rings. The molecule has 1 rings (SSSR count). The van der Waals surface area contributed by atoms with E-state index in [9.17, 15) is 14.3 Å². The molecule has 1 aliphatic heterocycles. The number of quaternary nitrogens is 1. The van der Waals surface area contributed by atoms with Gasteiger partial charge < -0.3 is 32.6 Å². The van der Waals surface area contributed by atoms with Gasteiger partial charge in [-0.05, 0) is 63.9 Å². The van der Waals surface area contributed by atoms with Crippen molar-refractivity contribution in [3.63, 3.8) is 0 Å². The zero-order chi connectivity index (χ0) is 41.0. The van der Waals surface area contributed by atoms with Gasteiger partial charge >= 0.3 is 5.97 Å². The molecule has 4 atom stereocenters. The van der Waals surface area contributed by atoms with Crippen LogP contribution in [0.4, 0.5) is 0 Å². The van der Waals surface area contributed by atoms with Crippen molar-refractivity contribution in [1.82, 2.24) is 0 Å². The predicted octanol–water partition coefficient (Wildman–Crippen LogP) is 11.9. The number of esters is 1. The molecule has 1 fully saturated rings. The lowest BCUT2D eigenvalue weighted by Gasteiger charge is -2.28. The van der Waals surface area contributed by atoms with Crippen molar-refractivity contribution in [1.29, 1.82) is 0 Å². The van der Waals surface area contributed by atoms with Crippen LogP contribution in [0, 0.1) is 0 Å². The average molecular weight is 810 g/mol. The van der Waals surface area contributed by atoms with Crippen LogP contribution in [0.2, 0.25) is 0 Å². The molecule has 0 aromatic rings. The molecule has 3 unspecified atom stereocenters. The number of ether oxygens (including phenoxy) is 3. The Labute approximate surface area is 343 Å². The number of carbonyl (C=O) groups is 1. The van der Waals surface area contributed by atoms with Crippen LogP contribution in [0.15, 0.2) is 48.8 Å². The number of carbonyl (C=O) groups excluding carboxylic acids is 1. The van der Waals surface area contributed by atoms with Gasteiger partial charge in [0.2, 0.25) is 0 Å². The van der Waals surface area contributed by atoms with Crippen molar-refractivity contribution in [3.8, 4) is 0 Å². The lowest BCUT2D eigenvalue weighted by atomic mass is 10.0. The number of likely N-dealkylation sites (N-methyl/N-ethyl adjacent to an activating group) is 1. The van der Waals surface area contributed by atoms with Crippen LogP contribution in [-0.4, -0.2) is 76.3 Å². The lowest BCUT2D eigenvalue weighted by molar-refractivity contribution is -0.870. The molecule has 0 spiro atoms. The highest BCUT2D eigenvalue weighted by atomic mass is 31.2. The van der Waals surface area contributed by atoms with Gasteiger partial charge in [0.05, 0.1) is 46.2 Å². The summed E-state index contributed by atoms with van der Waals surface area (Å²) in [7, 11) is 1.32. The Kier molecular flexibility index (Phi) is 32.9. The van der Waals surface area contributed by atoms with Gasteiger partial charge in [0.25, 0.3) is 7.82 Å². The smallest absolute Gasteiger partial charge is 0.305 e. The van der Waals surface area contributed by atoms with Gasteiger partial charge in [-0.1, -0.05) is 147 Å². The maximum atomic E-state index is 12.6. The quantitative estimate of drug-likeness (QED) is 0.0115. The summed E-state index contributed by atoms with van der Waals surface area (Å²) in [6.07, 6.45) is 45.3. The Bertz CT molecular complexity index is 1100. The molecule has 0 aromatic carbocycles. The summed E-state index contributed by atoms with van der Waals surface area (Å²) < 4.78 is 40.2. The van der Waals surface area contributed by atoms with E-state index >= 15 is 0 Å². The molecule has 9 nitrogen and oxygen atoms in total. The van der Waals surface area contributed by atoms with E-state index in [-0.39, 0.29) is 44.4 Å². The maximum absolute atomic E-state index is 12.6. The number of epoxide rings is 1. The van der Waals surface area contributed by atoms with Crippen LogP contribution in [-0.2, 0) is 32.6 Å². The highest BCUT2D eigenvalue weighted by Crippen LogP contribution is 2.38. The number of allylic oxidation sites excluding steroid dienone is 6. The number of nitrogens with zero attached hydrogens (tertiary/aromatic N) is 1. The minimum Gasteiger partial charge on any atom is -0.756 e. The van der Waals surface area contributed by atoms with Crippen LogP contribution < -0.4 is 4.89 Å². The summed E-state index contributed by atoms with van der Waals surface area (Å²) in [4.78, 5) is 24.9. The third-order valence-corrected chi connectivity index (χ3v) is 10.9. The third kappa shape index (κ3) is 35.4. The maximum Gasteiger partial charge on any atom is 0.305 e. The SMILES string of the molecule is CCCCC/C=C\C/C=C\C/C=C\CC1OC1CCCC(=O)OC[C@H](COP(=O)([O-])OCC[N+](C)(C)C)O/C=C/CCCCCCCCCCCCCCCC. The third-order valence-electron chi connectivity index (χ3n) is 9.90. The monoisotopic (exact) mass is 810 g/mol. The van der Waals surface area contributed by atoms with Gasteiger partial charge in [0.15, 0.2) is 6.10 Å². The molecule has 56 heavy (non-hydrogen) atoms. The molecule has 326 valence electrons. The molecule has 1 heterocycles. The molecule has 10 heteroatoms. The first-order valence-corrected chi connectivity index (χ1v) is 24.0. The topological polar surface area (TPSA) is 107 Å². The van der Waals surface area contributed by atoms with E-state index < -0.39 is 13.9 Å². The molecular weight excluding hydrogens is 725 g/mol. The van der Waals surface area contributed by atoms with Crippen molar-refractivity contribution in [2.45, 2.75) is 193 Å². The Morgan fingerprint density at radius 2 is 1.21 bits per heavy atom. The molecule has 0 aliphatic carbocycles. The Morgan fingerprint density at radius 3 is 1.84 bits per heavy atom. The van der Waals surface area contributed by atoms with Crippen molar-refractivity contribution in [3.05, 3.63) is 48.8 Å². The summed E-state index contributed by atoms with van der Waals surface area (Å²) >= 11 is 0. The molecule has 0 saturated carbocycles. The fourth-order valence-electron chi connectivity index (χ4n) is 6.20. The van der Waals surface area contributed by atoms with E-state index in [1.807, 2.05) is 27.2 Å². The summed E-state index contributed by atoms with van der Waals surface area (Å²) in [5, 5.41) is 0. The first-order chi connectivity index (χ1) is 27.1. The fourth-order valence-corrected chi connectivity index (χ4v) is 6.93. The van der Waals surface area contributed by atoms with Gasteiger partial charge in [-0.25, -0.2) is 0 Å². The second kappa shape index (κ2) is 35.2. The predicted molar refractivity (Wildman–Crippen MR) is 230 cm³/mol. The summed E-state index contributed by atoms with van der Waals surface area (Å²) in [6, 6.07) is 0. The molecule has 0 amide bonds. The number of unbranched alkanes of at least 4 members (excludes halogenated alkanes) is 17. The summed E-state index contributed by atoms with van der Waals surface area (Å²) in [5.41, 5.74) is 0. The zero-order valence-corrected chi connectivity index (χ0v) is 37.4. The zero-order valence-electron chi connectivity index (χ0n) is 36.5. The minimum atomic E-state index is -4.54. The number of phosphoric acid groups is 1. The first kappa shape index (κ1) is 52.3. The first-order valence-electron chi connectivity index (χ1n) is 22.5. The van der Waals surface area contributed by atoms with Crippen LogP contribution in [0.5, 0.6) is 0 Å². The lowest BCUT2D eigenvalue weighted by Crippen LogP contribution is -2.37. The van der Waals surface area contributed by atoms with Gasteiger partial charge in [0, 0.05) is 6.42 Å². The van der Waals surface area contributed by atoms with E-state index in [0.29, 0.717) is 17.4 Å². The van der Waals surface area contributed by atoms with E-state index in [1.165, 1.54) is 109 Å². The van der Waals surface area contributed by atoms with Gasteiger partial charge in [-0.15, -0.1) is 0 Å². The largest absolute Gasteiger partial charge is 0.756 e. The summed E-state index contributed by atoms with van der Waals surface area (Å²) in [6.45, 7) is 4.60. The van der Waals surface area contributed by atoms with Crippen LogP contribution in [0.25, 0.3) is 0 Å². The number of phosphoric ester groups is 1. The van der Waals surface area contributed by atoms with Crippen molar-refractivity contribution in [2.24, 2.45) is 0 Å². The molecule has 0 N–H and O–H groups in total. The van der Waals surface area contributed by atoms with Crippen LogP contribution >= 0.6 is 7.82 Å². The molecule has 0 aromatic heterocycles. The highest BCUT2D eigenvalue weighted by molar-refractivity contribution is 7.45. The number of hydrogen-bond donors (Lipinski definition) is 0. The van der Waals surface area contributed by atoms with Gasteiger partial charge in [-0.3, -0.25) is 9.36 Å². The molecule has 1 saturated heterocycles. The minimum absolute atomic E-state index is 0.0143. The van der Waals surface area contributed by atoms with Gasteiger partial charge in [0.1, 0.15) is 19.8 Å². The van der Waals surface area contributed by atoms with Crippen molar-refractivity contribution >= 4 is 13.8 Å². The van der Waals surface area contributed by atoms with E-state index in [1.54, 1.807) is 6.26 Å². The Balaban J connectivity index is 2.29. The van der Waals surface area contributed by atoms with E-state index in [4.69, 9.17) is 23.3 Å². The average Bonchev–Trinajstić information content (AvgIpc) is 3.91. The number of rotatable bonds is 40. The normalized spacial score (nSPS) is 17.8. The van der Waals surface area contributed by atoms with Crippen molar-refractivity contribution < 1.29 is 42.0 Å². The second-order valence-corrected chi connectivity index (χ2v) is 17.9. The number of hydrogen-bond acceptors (Lipinski definition) is 8. The van der Waals surface area contributed by atoms with Crippen molar-refractivity contribution in [2.75, 3.05) is 47.5 Å². The van der Waals surface area contributed by atoms with Crippen LogP contribution in [0.1, 0.15) is 174 Å². The Hall–Kier alpha value is -1.74. The van der Waals surface area contributed by atoms with E-state index in [2.05, 4.69) is 50.3 Å². The van der Waals surface area contributed by atoms with Gasteiger partial charge in [-0.2, -0.15) is 0 Å².